The van der Waals surface area contributed by atoms with E-state index in [2.05, 4.69) is 72.4 Å². The molecule has 2 atom stereocenters. The lowest BCUT2D eigenvalue weighted by Gasteiger charge is -2.34. The summed E-state index contributed by atoms with van der Waals surface area (Å²) in [6, 6.07) is 29.3. The molecule has 0 amide bonds. The van der Waals surface area contributed by atoms with Crippen molar-refractivity contribution in [3.8, 4) is 23.0 Å². The van der Waals surface area contributed by atoms with Crippen LogP contribution in [0.3, 0.4) is 0 Å². The molecule has 11 rings (SSSR count). The van der Waals surface area contributed by atoms with Gasteiger partial charge >= 0.3 is 43.2 Å². The number of aromatic hydroxyl groups is 4. The van der Waals surface area contributed by atoms with Crippen LogP contribution in [-0.2, 0) is 28.6 Å². The Bertz CT molecular complexity index is 6250. The van der Waals surface area contributed by atoms with Crippen molar-refractivity contribution < 1.29 is 208 Å². The number of rotatable bonds is 15. The van der Waals surface area contributed by atoms with Gasteiger partial charge in [-0.05, 0) is 180 Å². The second-order valence-electron chi connectivity index (χ2n) is 29.1. The van der Waals surface area contributed by atoms with E-state index in [4.69, 9.17) is 25.5 Å². The Morgan fingerprint density at radius 3 is 0.946 bits per heavy atom. The van der Waals surface area contributed by atoms with Crippen LogP contribution < -0.4 is 0 Å². The van der Waals surface area contributed by atoms with Crippen molar-refractivity contribution in [2.45, 2.75) is 86.4 Å². The first-order valence-electron chi connectivity index (χ1n) is 39.6. The predicted molar refractivity (Wildman–Crippen MR) is 481 cm³/mol. The molecule has 0 aromatic heterocycles. The van der Waals surface area contributed by atoms with Crippen LogP contribution in [0.4, 0.5) is 167 Å². The van der Waals surface area contributed by atoms with Crippen molar-refractivity contribution in [3.63, 3.8) is 0 Å². The van der Waals surface area contributed by atoms with E-state index in [1.165, 1.54) is 97.1 Å². The van der Waals surface area contributed by atoms with Crippen LogP contribution in [0.1, 0.15) is 108 Å². The summed E-state index contributed by atoms with van der Waals surface area (Å²) in [5.41, 5.74) is -20.5. The molecule has 0 saturated carbocycles. The van der Waals surface area contributed by atoms with E-state index >= 15 is 0 Å². The van der Waals surface area contributed by atoms with E-state index in [0.29, 0.717) is 58.2 Å². The third-order valence-electron chi connectivity index (χ3n) is 18.8. The largest absolute Gasteiger partial charge is 0.505 e. The third-order valence-corrected chi connectivity index (χ3v) is 18.8. The van der Waals surface area contributed by atoms with Gasteiger partial charge in [0.2, 0.25) is 17.5 Å². The number of benzene rings is 11. The second kappa shape index (κ2) is 54.4. The molecule has 0 heterocycles. The SMILES string of the molecule is C=Cc1c(F)c(F)c(O)c(F)c1F.C=Cc1cc(C(C)(O)C(F)(F)F)cc(C(O)(C(F)(F)F)C(F)(F)F)c1.C=Cc1cc(C)cc(C(F)(F)F)c1.C=Cc1cc(F)c(F)c(F)c1.C=Cc1cc(F)c(O)c(F)c1.C=Cc1ccc(C(C)(O)C(F)(F)F)cc1.C=Cc1ccc(F)c(F)c1F.C=Cc1ccc(F)c(O)c1.C=Cc1ccc(O)c(F)c1F.C=Cc1cccc(C(O)(C(F)(F)F)C(F)(F)F)c1.C=Cc1cccc(F)c1F. The van der Waals surface area contributed by atoms with Gasteiger partial charge in [-0.2, -0.15) is 105 Å². The fourth-order valence-electron chi connectivity index (χ4n) is 10.4. The number of hydrogen-bond acceptors (Lipinski definition) is 8. The molecule has 0 aliphatic heterocycles. The monoisotopic (exact) mass is 2150 g/mol. The molecule has 148 heavy (non-hydrogen) atoms. The molecule has 0 radical (unpaired) electrons. The average Bonchev–Trinajstić information content (AvgIpc) is 0.741. The molecule has 11 aromatic rings. The topological polar surface area (TPSA) is 162 Å². The van der Waals surface area contributed by atoms with Crippen molar-refractivity contribution in [1.29, 1.82) is 0 Å². The molecule has 0 saturated heterocycles. The highest BCUT2D eigenvalue weighted by Crippen LogP contribution is 2.53. The fourth-order valence-corrected chi connectivity index (χ4v) is 10.4. The minimum atomic E-state index is -6.29. The van der Waals surface area contributed by atoms with Gasteiger partial charge in [0.15, 0.2) is 116 Å². The van der Waals surface area contributed by atoms with Gasteiger partial charge in [-0.3, -0.25) is 0 Å². The second-order valence-corrected chi connectivity index (χ2v) is 29.1. The van der Waals surface area contributed by atoms with Crippen molar-refractivity contribution in [1.82, 2.24) is 0 Å². The molecule has 2 unspecified atom stereocenters. The first kappa shape index (κ1) is 131. The van der Waals surface area contributed by atoms with Crippen LogP contribution in [-0.4, -0.2) is 77.9 Å². The van der Waals surface area contributed by atoms with Crippen LogP contribution in [0, 0.1) is 106 Å². The summed E-state index contributed by atoms with van der Waals surface area (Å²) in [5, 5.41) is 71.9. The predicted octanol–water partition coefficient (Wildman–Crippen LogP) is 32.3. The van der Waals surface area contributed by atoms with Crippen LogP contribution in [0.25, 0.3) is 66.8 Å². The summed E-state index contributed by atoms with van der Waals surface area (Å²) >= 11 is 0. The molecule has 0 aliphatic rings. The summed E-state index contributed by atoms with van der Waals surface area (Å²) in [7, 11) is 0. The van der Waals surface area contributed by atoms with Crippen LogP contribution >= 0.6 is 0 Å². The van der Waals surface area contributed by atoms with Gasteiger partial charge in [-0.15, -0.1) is 0 Å². The molecule has 0 bridgehead atoms. The maximum Gasteiger partial charge on any atom is 0.430 e. The van der Waals surface area contributed by atoms with Crippen LogP contribution in [0.2, 0.25) is 0 Å². The number of halogens is 38. The lowest BCUT2D eigenvalue weighted by Crippen LogP contribution is -2.54. The van der Waals surface area contributed by atoms with Gasteiger partial charge in [0.05, 0.1) is 11.1 Å². The molecular weight excluding hydrogens is 2080 g/mol. The Labute approximate surface area is 816 Å². The molecule has 8 nitrogen and oxygen atoms in total. The zero-order chi connectivity index (χ0) is 115. The van der Waals surface area contributed by atoms with Crippen LogP contribution in [0.5, 0.6) is 23.0 Å². The molecule has 0 fully saturated rings. The molecule has 8 N–H and O–H groups in total. The minimum absolute atomic E-state index is 0.0381. The Morgan fingerprint density at radius 1 is 0.216 bits per heavy atom. The molecule has 46 heteroatoms. The van der Waals surface area contributed by atoms with Crippen molar-refractivity contribution in [3.05, 3.63) is 436 Å². The molecule has 0 aliphatic carbocycles. The summed E-state index contributed by atoms with van der Waals surface area (Å²) in [6.45, 7) is 38.6. The van der Waals surface area contributed by atoms with Crippen molar-refractivity contribution in [2.75, 3.05) is 0 Å². The van der Waals surface area contributed by atoms with E-state index in [9.17, 15) is 182 Å². The van der Waals surface area contributed by atoms with Crippen LogP contribution in [0.15, 0.2) is 242 Å². The van der Waals surface area contributed by atoms with Gasteiger partial charge in [-0.25, -0.2) is 61.5 Å². The molecule has 11 aromatic carbocycles. The highest BCUT2D eigenvalue weighted by atomic mass is 19.4. The zero-order valence-corrected chi connectivity index (χ0v) is 75.7. The fraction of sp³-hybridized carbons (Fsp3) is 0.137. The lowest BCUT2D eigenvalue weighted by molar-refractivity contribution is -0.376. The summed E-state index contributed by atoms with van der Waals surface area (Å²) in [5.74, 6) is -24.8. The van der Waals surface area contributed by atoms with Gasteiger partial charge < -0.3 is 40.9 Å². The number of hydrogen-bond donors (Lipinski definition) is 8. The van der Waals surface area contributed by atoms with Crippen molar-refractivity contribution in [2.24, 2.45) is 0 Å². The van der Waals surface area contributed by atoms with E-state index in [0.717, 1.165) is 85.8 Å². The Hall–Kier alpha value is -15.1. The van der Waals surface area contributed by atoms with E-state index in [1.54, 1.807) is 25.1 Å². The number of aliphatic hydroxyl groups is 4. The molecule has 0 spiro atoms. The molecular formula is C102H78F38O8. The first-order chi connectivity index (χ1) is 67.8. The minimum Gasteiger partial charge on any atom is -0.505 e. The normalized spacial score (nSPS) is 12.1. The van der Waals surface area contributed by atoms with E-state index in [1.807, 2.05) is 0 Å². The van der Waals surface area contributed by atoms with E-state index in [-0.39, 0.29) is 58.2 Å². The molecule has 800 valence electrons. The Kier molecular flexibility index (Phi) is 48.1. The summed E-state index contributed by atoms with van der Waals surface area (Å²) in [4.78, 5) is 0. The number of phenolic OH excluding ortho intramolecular Hbond substituents is 4. The number of aryl methyl sites for hydroxylation is 1. The maximum absolute atomic E-state index is 12.9. The Morgan fingerprint density at radius 2 is 0.554 bits per heavy atom. The van der Waals surface area contributed by atoms with Gasteiger partial charge in [-0.1, -0.05) is 206 Å². The standard InChI is InChI=1S/C14H11F9O2.C11H8F6O.C11H11F3O.C10H9F3.C8H4F4O.2C8H5F3.2C8H6F2O.C8H6F2.C8H7FO/c1-3-7-4-8(10(2,24)12(15,16)17)6-9(5-7)11(25,13(18,19)20)14(21,22)23;1-2-7-4-3-5-8(6-7)9(18,10(12,13)14)11(15,16)17;1-3-8-4-6-9(7-5-8)10(2,15)11(12,13)14;1-3-8-4-7(2)5-9(6-8)10(11,12)13;1-2-3-4(9)6(11)8(13)7(12)5(3)10;1-2-5-3-6(9)8(11)7(10)4-5;1-2-5-3-4-6(9)8(11)7(5)10;1-2-5-3-6(9)8(11)7(10)4-5;1-2-5-3-4-6(11)8(10)7(5)9;1-2-6-4-3-5-7(9)8(6)10;1-2-6-3-4-7(9)8(10)5-6/h3-6,24-25H,1H2,2H3;2-6,18H,1H2;3-7,15H,1H2,2H3;3-6H,1H2,2H3;2,13H,1H2;2*2-4H,1H2;2*2-4,11H,1H2;2-5H,1H2;2-5,10H,1H2. The van der Waals surface area contributed by atoms with E-state index < -0.39 is 215 Å². The Balaban J connectivity index is 0.000000824. The lowest BCUT2D eigenvalue weighted by atomic mass is 9.85. The zero-order valence-electron chi connectivity index (χ0n) is 75.7. The quantitative estimate of drug-likeness (QED) is 0.0286. The van der Waals surface area contributed by atoms with Gasteiger partial charge in [0.25, 0.3) is 11.2 Å². The first-order valence-corrected chi connectivity index (χ1v) is 39.6. The average molecular weight is 2150 g/mol. The smallest absolute Gasteiger partial charge is 0.430 e. The third kappa shape index (κ3) is 34.8. The van der Waals surface area contributed by atoms with Gasteiger partial charge in [0.1, 0.15) is 0 Å². The number of phenols is 4. The highest BCUT2D eigenvalue weighted by Gasteiger charge is 2.73. The van der Waals surface area contributed by atoms with Gasteiger partial charge in [0, 0.05) is 27.8 Å². The summed E-state index contributed by atoms with van der Waals surface area (Å²) in [6.07, 6.45) is -25.7. The summed E-state index contributed by atoms with van der Waals surface area (Å²) < 4.78 is 477. The maximum atomic E-state index is 12.9. The van der Waals surface area contributed by atoms with Crippen molar-refractivity contribution >= 4 is 66.8 Å². The number of alkyl halides is 21. The highest BCUT2D eigenvalue weighted by molar-refractivity contribution is 5.58.